The van der Waals surface area contributed by atoms with Gasteiger partial charge in [0, 0.05) is 47.3 Å². The first-order valence-corrected chi connectivity index (χ1v) is 3.65. The number of esters is 3. The van der Waals surface area contributed by atoms with Gasteiger partial charge in [0.2, 0.25) is 0 Å². The summed E-state index contributed by atoms with van der Waals surface area (Å²) in [6, 6.07) is 0. The zero-order valence-corrected chi connectivity index (χ0v) is 10.9. The molecule has 0 aliphatic carbocycles. The molecule has 15 heavy (non-hydrogen) atoms. The minimum absolute atomic E-state index is 0. The van der Waals surface area contributed by atoms with Crippen LogP contribution >= 0.6 is 0 Å². The third-order valence-electron chi connectivity index (χ3n) is 1.09. The van der Waals surface area contributed by atoms with Crippen molar-refractivity contribution in [3.63, 3.8) is 0 Å². The van der Waals surface area contributed by atoms with E-state index in [-0.39, 0.29) is 35.5 Å². The number of hydrogen-bond donors (Lipinski definition) is 0. The molecule has 1 aliphatic rings. The molecule has 0 aromatic heterocycles. The summed E-state index contributed by atoms with van der Waals surface area (Å²) in [5, 5.41) is 0. The van der Waals surface area contributed by atoms with Gasteiger partial charge in [-0.25, -0.2) is 14.4 Å². The molecular formula is C9H10NaO5. The van der Waals surface area contributed by atoms with Crippen LogP contribution in [0.1, 0.15) is 6.92 Å². The van der Waals surface area contributed by atoms with Crippen molar-refractivity contribution in [2.24, 2.45) is 0 Å². The monoisotopic (exact) mass is 221 g/mol. The largest absolute Gasteiger partial charge is 0.466 e. The van der Waals surface area contributed by atoms with Gasteiger partial charge in [0.25, 0.3) is 0 Å². The molecule has 0 spiro atoms. The van der Waals surface area contributed by atoms with E-state index in [4.69, 9.17) is 0 Å². The van der Waals surface area contributed by atoms with E-state index in [1.807, 2.05) is 0 Å². The van der Waals surface area contributed by atoms with Crippen LogP contribution in [0.2, 0.25) is 0 Å². The summed E-state index contributed by atoms with van der Waals surface area (Å²) in [4.78, 5) is 30.0. The standard InChI is InChI=1S/C5H8O2.C4H2O3.Na/c1-4(2)5(6)7-3;5-3-1-2-4(6)7-3;/h1H2,2-3H3;1-2H;. The summed E-state index contributed by atoms with van der Waals surface area (Å²) in [6.45, 7) is 4.95. The first kappa shape index (κ1) is 16.5. The number of hydrogen-bond acceptors (Lipinski definition) is 5. The summed E-state index contributed by atoms with van der Waals surface area (Å²) in [5.74, 6) is -1.50. The van der Waals surface area contributed by atoms with Crippen LogP contribution in [0.3, 0.4) is 0 Å². The molecule has 1 radical (unpaired) electrons. The molecule has 6 heteroatoms. The van der Waals surface area contributed by atoms with Crippen molar-refractivity contribution >= 4 is 47.5 Å². The maximum absolute atomic E-state index is 10.2. The predicted octanol–water partition coefficient (Wildman–Crippen LogP) is -0.0193. The molecule has 0 atom stereocenters. The molecule has 0 saturated heterocycles. The second kappa shape index (κ2) is 8.40. The predicted molar refractivity (Wildman–Crippen MR) is 52.8 cm³/mol. The van der Waals surface area contributed by atoms with Crippen LogP contribution in [-0.4, -0.2) is 54.6 Å². The van der Waals surface area contributed by atoms with Crippen LogP contribution in [0.4, 0.5) is 0 Å². The van der Waals surface area contributed by atoms with Gasteiger partial charge in [0.05, 0.1) is 7.11 Å². The summed E-state index contributed by atoms with van der Waals surface area (Å²) < 4.78 is 8.25. The molecule has 1 heterocycles. The van der Waals surface area contributed by atoms with Gasteiger partial charge in [-0.3, -0.25) is 0 Å². The second-order valence-electron chi connectivity index (χ2n) is 2.35. The average Bonchev–Trinajstić information content (AvgIpc) is 2.49. The van der Waals surface area contributed by atoms with Crippen LogP contribution in [0.5, 0.6) is 0 Å². The number of cyclic esters (lactones) is 2. The van der Waals surface area contributed by atoms with Gasteiger partial charge in [0.1, 0.15) is 0 Å². The average molecular weight is 221 g/mol. The first-order chi connectivity index (χ1) is 6.47. The fraction of sp³-hybridized carbons (Fsp3) is 0.222. The number of methoxy groups -OCH3 is 1. The van der Waals surface area contributed by atoms with Gasteiger partial charge in [-0.1, -0.05) is 6.58 Å². The third-order valence-corrected chi connectivity index (χ3v) is 1.09. The van der Waals surface area contributed by atoms with Gasteiger partial charge in [-0.15, -0.1) is 0 Å². The Labute approximate surface area is 109 Å². The molecule has 0 fully saturated rings. The van der Waals surface area contributed by atoms with E-state index in [2.05, 4.69) is 16.1 Å². The van der Waals surface area contributed by atoms with Crippen molar-refractivity contribution in [1.82, 2.24) is 0 Å². The fourth-order valence-corrected chi connectivity index (χ4v) is 0.477. The Morgan fingerprint density at radius 2 is 1.73 bits per heavy atom. The van der Waals surface area contributed by atoms with E-state index in [1.165, 1.54) is 7.11 Å². The van der Waals surface area contributed by atoms with E-state index in [0.29, 0.717) is 5.57 Å². The third kappa shape index (κ3) is 8.11. The Balaban J connectivity index is 0. The normalized spacial score (nSPS) is 11.9. The minimum atomic E-state index is -0.579. The molecule has 77 valence electrons. The zero-order chi connectivity index (χ0) is 11.1. The molecule has 0 amide bonds. The zero-order valence-electron chi connectivity index (χ0n) is 8.90. The Bertz CT molecular complexity index is 290. The van der Waals surface area contributed by atoms with Gasteiger partial charge in [0.15, 0.2) is 0 Å². The summed E-state index contributed by atoms with van der Waals surface area (Å²) >= 11 is 0. The number of carbonyl (C=O) groups is 3. The molecule has 1 aliphatic heterocycles. The van der Waals surface area contributed by atoms with Crippen LogP contribution in [0.15, 0.2) is 24.3 Å². The second-order valence-corrected chi connectivity index (χ2v) is 2.35. The molecule has 0 aromatic rings. The Morgan fingerprint density at radius 3 is 1.80 bits per heavy atom. The van der Waals surface area contributed by atoms with Gasteiger partial charge >= 0.3 is 17.9 Å². The van der Waals surface area contributed by atoms with E-state index < -0.39 is 11.9 Å². The molecule has 5 nitrogen and oxygen atoms in total. The van der Waals surface area contributed by atoms with Crippen LogP contribution in [-0.2, 0) is 23.9 Å². The van der Waals surface area contributed by atoms with E-state index in [0.717, 1.165) is 12.2 Å². The van der Waals surface area contributed by atoms with E-state index in [1.54, 1.807) is 6.92 Å². The quantitative estimate of drug-likeness (QED) is 0.269. The van der Waals surface area contributed by atoms with E-state index >= 15 is 0 Å². The number of carbonyl (C=O) groups excluding carboxylic acids is 3. The fourth-order valence-electron chi connectivity index (χ4n) is 0.477. The van der Waals surface area contributed by atoms with E-state index in [9.17, 15) is 14.4 Å². The van der Waals surface area contributed by atoms with Gasteiger partial charge in [-0.2, -0.15) is 0 Å². The van der Waals surface area contributed by atoms with Crippen LogP contribution in [0, 0.1) is 0 Å². The summed E-state index contributed by atoms with van der Waals surface area (Å²) in [5.41, 5.74) is 0.433. The molecule has 0 N–H and O–H groups in total. The van der Waals surface area contributed by atoms with Crippen molar-refractivity contribution < 1.29 is 23.9 Å². The molecule has 0 unspecified atom stereocenters. The van der Waals surface area contributed by atoms with Gasteiger partial charge in [-0.05, 0) is 6.92 Å². The van der Waals surface area contributed by atoms with Crippen molar-refractivity contribution in [3.05, 3.63) is 24.3 Å². The summed E-state index contributed by atoms with van der Waals surface area (Å²) in [6.07, 6.45) is 2.17. The first-order valence-electron chi connectivity index (χ1n) is 3.65. The Hall–Kier alpha value is -0.910. The molecule has 0 bridgehead atoms. The number of ether oxygens (including phenoxy) is 2. The molecule has 0 aromatic carbocycles. The molecular weight excluding hydrogens is 211 g/mol. The number of rotatable bonds is 1. The van der Waals surface area contributed by atoms with Crippen LogP contribution in [0.25, 0.3) is 0 Å². The topological polar surface area (TPSA) is 69.7 Å². The SMILES string of the molecule is C=C(C)C(=O)OC.O=C1C=CC(=O)O1.[Na]. The summed E-state index contributed by atoms with van der Waals surface area (Å²) in [7, 11) is 1.33. The smallest absolute Gasteiger partial charge is 0.338 e. The van der Waals surface area contributed by atoms with Crippen molar-refractivity contribution in [3.8, 4) is 0 Å². The van der Waals surface area contributed by atoms with Crippen molar-refractivity contribution in [2.45, 2.75) is 6.92 Å². The Morgan fingerprint density at radius 1 is 1.33 bits per heavy atom. The van der Waals surface area contributed by atoms with Crippen molar-refractivity contribution in [2.75, 3.05) is 7.11 Å². The maximum Gasteiger partial charge on any atom is 0.338 e. The van der Waals surface area contributed by atoms with Crippen LogP contribution < -0.4 is 0 Å². The van der Waals surface area contributed by atoms with Crippen molar-refractivity contribution in [1.29, 1.82) is 0 Å². The minimum Gasteiger partial charge on any atom is -0.466 e. The molecule has 0 saturated carbocycles. The maximum atomic E-state index is 10.2. The van der Waals surface area contributed by atoms with Gasteiger partial charge < -0.3 is 9.47 Å². The Kier molecular flexibility index (Phi) is 9.25. The molecule has 1 rings (SSSR count).